The highest BCUT2D eigenvalue weighted by molar-refractivity contribution is 6.03. The van der Waals surface area contributed by atoms with E-state index in [4.69, 9.17) is 0 Å². The Morgan fingerprint density at radius 1 is 1.05 bits per heavy atom. The first kappa shape index (κ1) is 13.8. The molecule has 2 aromatic rings. The van der Waals surface area contributed by atoms with Crippen LogP contribution in [0.3, 0.4) is 0 Å². The Labute approximate surface area is 115 Å². The molecule has 0 spiro atoms. The smallest absolute Gasteiger partial charge is 0.160 e. The van der Waals surface area contributed by atoms with E-state index < -0.39 is 0 Å². The molecule has 0 radical (unpaired) electrons. The second kappa shape index (κ2) is 6.01. The number of hydrogen-bond donors (Lipinski definition) is 0. The molecule has 0 atom stereocenters. The van der Waals surface area contributed by atoms with Crippen LogP contribution in [0.1, 0.15) is 55.1 Å². The Balaban J connectivity index is 2.78. The number of rotatable bonds is 5. The molecule has 0 aliphatic heterocycles. The van der Waals surface area contributed by atoms with Crippen LogP contribution in [0.25, 0.3) is 10.8 Å². The molecule has 0 amide bonds. The van der Waals surface area contributed by atoms with Gasteiger partial charge in [-0.25, -0.2) is 0 Å². The van der Waals surface area contributed by atoms with Crippen LogP contribution in [0.5, 0.6) is 0 Å². The molecule has 19 heavy (non-hydrogen) atoms. The highest BCUT2D eigenvalue weighted by Crippen LogP contribution is 2.28. The molecular weight excluding hydrogens is 232 g/mol. The van der Waals surface area contributed by atoms with Gasteiger partial charge in [-0.2, -0.15) is 0 Å². The summed E-state index contributed by atoms with van der Waals surface area (Å²) in [5.41, 5.74) is 3.44. The molecule has 0 aliphatic carbocycles. The summed E-state index contributed by atoms with van der Waals surface area (Å²) in [6.07, 6.45) is 4.10. The van der Waals surface area contributed by atoms with E-state index in [0.717, 1.165) is 31.2 Å². The first-order chi connectivity index (χ1) is 9.19. The minimum atomic E-state index is 0.206. The maximum atomic E-state index is 12.1. The lowest BCUT2D eigenvalue weighted by molar-refractivity contribution is 0.101. The quantitative estimate of drug-likeness (QED) is 0.690. The van der Waals surface area contributed by atoms with Crippen molar-refractivity contribution in [2.24, 2.45) is 0 Å². The Kier molecular flexibility index (Phi) is 4.36. The summed E-state index contributed by atoms with van der Waals surface area (Å²) in [5.74, 6) is 0.206. The van der Waals surface area contributed by atoms with Gasteiger partial charge >= 0.3 is 0 Å². The van der Waals surface area contributed by atoms with Crippen LogP contribution in [0.4, 0.5) is 0 Å². The maximum Gasteiger partial charge on any atom is 0.160 e. The van der Waals surface area contributed by atoms with Crippen LogP contribution in [0.2, 0.25) is 0 Å². The van der Waals surface area contributed by atoms with Crippen LogP contribution in [0, 0.1) is 0 Å². The molecule has 0 bridgehead atoms. The number of ketones is 1. The van der Waals surface area contributed by atoms with E-state index in [9.17, 15) is 4.79 Å². The van der Waals surface area contributed by atoms with Crippen molar-refractivity contribution in [1.82, 2.24) is 0 Å². The van der Waals surface area contributed by atoms with Gasteiger partial charge in [-0.15, -0.1) is 0 Å². The molecule has 0 unspecified atom stereocenters. The molecule has 0 saturated heterocycles. The van der Waals surface area contributed by atoms with Gasteiger partial charge in [0.2, 0.25) is 0 Å². The third-order valence-corrected chi connectivity index (χ3v) is 3.61. The molecule has 0 fully saturated rings. The fourth-order valence-corrected chi connectivity index (χ4v) is 2.90. The minimum absolute atomic E-state index is 0.206. The summed E-state index contributed by atoms with van der Waals surface area (Å²) in [4.78, 5) is 12.1. The number of aryl methyl sites for hydroxylation is 2. The van der Waals surface area contributed by atoms with Crippen molar-refractivity contribution >= 4 is 16.6 Å². The van der Waals surface area contributed by atoms with E-state index in [1.165, 1.54) is 21.9 Å². The van der Waals surface area contributed by atoms with Crippen LogP contribution >= 0.6 is 0 Å². The van der Waals surface area contributed by atoms with E-state index >= 15 is 0 Å². The van der Waals surface area contributed by atoms with Gasteiger partial charge in [-0.1, -0.05) is 57.0 Å². The molecule has 1 nitrogen and oxygen atoms in total. The number of fused-ring (bicyclic) bond motifs is 1. The van der Waals surface area contributed by atoms with Crippen LogP contribution in [-0.2, 0) is 12.8 Å². The molecule has 100 valence electrons. The molecule has 0 N–H and O–H groups in total. The molecule has 0 aliphatic rings. The zero-order valence-corrected chi connectivity index (χ0v) is 12.1. The molecule has 1 heteroatoms. The lowest BCUT2D eigenvalue weighted by Crippen LogP contribution is -2.06. The zero-order chi connectivity index (χ0) is 13.8. The molecule has 0 aromatic heterocycles. The average Bonchev–Trinajstić information content (AvgIpc) is 2.39. The monoisotopic (exact) mass is 254 g/mol. The van der Waals surface area contributed by atoms with Crippen molar-refractivity contribution in [1.29, 1.82) is 0 Å². The Bertz CT molecular complexity index is 596. The van der Waals surface area contributed by atoms with Gasteiger partial charge in [0, 0.05) is 5.56 Å². The van der Waals surface area contributed by atoms with E-state index in [-0.39, 0.29) is 5.78 Å². The van der Waals surface area contributed by atoms with Crippen molar-refractivity contribution in [3.63, 3.8) is 0 Å². The zero-order valence-electron chi connectivity index (χ0n) is 12.1. The lowest BCUT2D eigenvalue weighted by Gasteiger charge is -2.15. The van der Waals surface area contributed by atoms with Gasteiger partial charge in [-0.05, 0) is 41.7 Å². The predicted octanol–water partition coefficient (Wildman–Crippen LogP) is 4.95. The van der Waals surface area contributed by atoms with Crippen LogP contribution in [0.15, 0.2) is 30.3 Å². The predicted molar refractivity (Wildman–Crippen MR) is 81.9 cm³/mol. The Morgan fingerprint density at radius 3 is 2.37 bits per heavy atom. The van der Waals surface area contributed by atoms with E-state index in [0.29, 0.717) is 0 Å². The number of Topliss-reactive ketones (excluding diaryl/α,β-unsaturated/α-hetero) is 1. The summed E-state index contributed by atoms with van der Waals surface area (Å²) in [7, 11) is 0. The molecule has 0 saturated carbocycles. The highest BCUT2D eigenvalue weighted by Gasteiger charge is 2.15. The average molecular weight is 254 g/mol. The summed E-state index contributed by atoms with van der Waals surface area (Å²) in [6.45, 7) is 6.03. The van der Waals surface area contributed by atoms with Crippen LogP contribution < -0.4 is 0 Å². The highest BCUT2D eigenvalue weighted by atomic mass is 16.1. The van der Waals surface area contributed by atoms with Gasteiger partial charge in [0.05, 0.1) is 0 Å². The van der Waals surface area contributed by atoms with Gasteiger partial charge in [0.15, 0.2) is 5.78 Å². The Hall–Kier alpha value is -1.63. The topological polar surface area (TPSA) is 17.1 Å². The summed E-state index contributed by atoms with van der Waals surface area (Å²) < 4.78 is 0. The fourth-order valence-electron chi connectivity index (χ4n) is 2.90. The van der Waals surface area contributed by atoms with Crippen LogP contribution in [-0.4, -0.2) is 5.78 Å². The lowest BCUT2D eigenvalue weighted by atomic mass is 9.88. The number of carbonyl (C=O) groups is 1. The second-order valence-electron chi connectivity index (χ2n) is 5.17. The summed E-state index contributed by atoms with van der Waals surface area (Å²) in [5, 5.41) is 2.51. The third-order valence-electron chi connectivity index (χ3n) is 3.61. The first-order valence-electron chi connectivity index (χ1n) is 7.23. The van der Waals surface area contributed by atoms with Crippen molar-refractivity contribution < 1.29 is 4.79 Å². The maximum absolute atomic E-state index is 12.1. The van der Waals surface area contributed by atoms with Crippen molar-refractivity contribution in [2.45, 2.75) is 46.5 Å². The normalized spacial score (nSPS) is 10.9. The van der Waals surface area contributed by atoms with E-state index in [1.807, 2.05) is 0 Å². The van der Waals surface area contributed by atoms with Crippen molar-refractivity contribution in [2.75, 3.05) is 0 Å². The first-order valence-corrected chi connectivity index (χ1v) is 7.23. The number of benzene rings is 2. The third kappa shape index (κ3) is 2.70. The molecular formula is C18H22O. The van der Waals surface area contributed by atoms with E-state index in [1.54, 1.807) is 6.92 Å². The minimum Gasteiger partial charge on any atom is -0.294 e. The van der Waals surface area contributed by atoms with Gasteiger partial charge in [0.1, 0.15) is 0 Å². The summed E-state index contributed by atoms with van der Waals surface area (Å²) >= 11 is 0. The van der Waals surface area contributed by atoms with Gasteiger partial charge in [0.25, 0.3) is 0 Å². The van der Waals surface area contributed by atoms with Gasteiger partial charge < -0.3 is 0 Å². The van der Waals surface area contributed by atoms with E-state index in [2.05, 4.69) is 44.2 Å². The number of carbonyl (C=O) groups excluding carboxylic acids is 1. The van der Waals surface area contributed by atoms with Gasteiger partial charge in [-0.3, -0.25) is 4.79 Å². The SMILES string of the molecule is CCCc1cc2ccccc2c(CCC)c1C(C)=O. The van der Waals surface area contributed by atoms with Crippen molar-refractivity contribution in [3.05, 3.63) is 47.0 Å². The van der Waals surface area contributed by atoms with Crippen molar-refractivity contribution in [3.8, 4) is 0 Å². The Morgan fingerprint density at radius 2 is 1.74 bits per heavy atom. The second-order valence-corrected chi connectivity index (χ2v) is 5.17. The standard InChI is InChI=1S/C18H22O/c1-4-8-15-12-14-10-6-7-11-16(14)17(9-5-2)18(15)13(3)19/h6-7,10-12H,4-5,8-9H2,1-3H3. The largest absolute Gasteiger partial charge is 0.294 e. The molecule has 2 aromatic carbocycles. The molecule has 2 rings (SSSR count). The fraction of sp³-hybridized carbons (Fsp3) is 0.389. The summed E-state index contributed by atoms with van der Waals surface area (Å²) in [6, 6.07) is 10.6. The number of hydrogen-bond acceptors (Lipinski definition) is 1. The molecule has 0 heterocycles.